The number of primary sulfonamides is 1. The molecule has 0 bridgehead atoms. The average molecular weight is 369 g/mol. The summed E-state index contributed by atoms with van der Waals surface area (Å²) in [6, 6.07) is 6.39. The number of hydrogen-bond acceptors (Lipinski definition) is 4. The standard InChI is InChI=1S/C16H27N5O3S/c1-16(2,3)21-14(22)11-20-15(18-4)19-10-9-12-5-7-13(8-6-12)25(17,23)24/h5-8H,9-11H2,1-4H3,(H,21,22)(H2,17,23,24)(H2,18,19,20). The molecule has 1 aromatic rings. The van der Waals surface area contributed by atoms with Crippen LogP contribution in [0.1, 0.15) is 26.3 Å². The summed E-state index contributed by atoms with van der Waals surface area (Å²) in [5.74, 6) is 0.402. The first-order valence-electron chi connectivity index (χ1n) is 7.88. The predicted molar refractivity (Wildman–Crippen MR) is 98.8 cm³/mol. The minimum absolute atomic E-state index is 0.0894. The second-order valence-electron chi connectivity index (χ2n) is 6.59. The molecule has 1 amide bonds. The summed E-state index contributed by atoms with van der Waals surface area (Å²) < 4.78 is 22.4. The third-order valence-corrected chi connectivity index (χ3v) is 4.04. The van der Waals surface area contributed by atoms with Crippen molar-refractivity contribution in [2.24, 2.45) is 10.1 Å². The molecule has 0 saturated heterocycles. The van der Waals surface area contributed by atoms with Gasteiger partial charge in [-0.15, -0.1) is 0 Å². The van der Waals surface area contributed by atoms with Crippen LogP contribution in [0.5, 0.6) is 0 Å². The van der Waals surface area contributed by atoms with Gasteiger partial charge in [0.2, 0.25) is 15.9 Å². The molecule has 5 N–H and O–H groups in total. The minimum Gasteiger partial charge on any atom is -0.356 e. The number of carbonyl (C=O) groups excluding carboxylic acids is 1. The van der Waals surface area contributed by atoms with Crippen LogP contribution in [0.3, 0.4) is 0 Å². The first kappa shape index (κ1) is 20.9. The molecule has 25 heavy (non-hydrogen) atoms. The Hall–Kier alpha value is -2.13. The van der Waals surface area contributed by atoms with Crippen molar-refractivity contribution in [2.45, 2.75) is 37.6 Å². The van der Waals surface area contributed by atoms with E-state index in [0.717, 1.165) is 5.56 Å². The van der Waals surface area contributed by atoms with Gasteiger partial charge in [-0.1, -0.05) is 12.1 Å². The fourth-order valence-electron chi connectivity index (χ4n) is 2.02. The van der Waals surface area contributed by atoms with Crippen LogP contribution in [0.25, 0.3) is 0 Å². The van der Waals surface area contributed by atoms with E-state index in [1.807, 2.05) is 20.8 Å². The van der Waals surface area contributed by atoms with Crippen molar-refractivity contribution in [1.82, 2.24) is 16.0 Å². The van der Waals surface area contributed by atoms with Crippen LogP contribution in [-0.2, 0) is 21.2 Å². The largest absolute Gasteiger partial charge is 0.356 e. The zero-order valence-electron chi connectivity index (χ0n) is 15.1. The Morgan fingerprint density at radius 1 is 1.16 bits per heavy atom. The van der Waals surface area contributed by atoms with Gasteiger partial charge in [-0.3, -0.25) is 9.79 Å². The highest BCUT2D eigenvalue weighted by atomic mass is 32.2. The lowest BCUT2D eigenvalue weighted by atomic mass is 10.1. The summed E-state index contributed by atoms with van der Waals surface area (Å²) in [6.07, 6.45) is 0.666. The summed E-state index contributed by atoms with van der Waals surface area (Å²) in [5, 5.41) is 14.0. The number of hydrogen-bond donors (Lipinski definition) is 4. The summed E-state index contributed by atoms with van der Waals surface area (Å²) in [7, 11) is -2.05. The molecule has 0 aliphatic heterocycles. The fourth-order valence-corrected chi connectivity index (χ4v) is 2.53. The Bertz CT molecular complexity index is 706. The van der Waals surface area contributed by atoms with Crippen molar-refractivity contribution >= 4 is 21.9 Å². The quantitative estimate of drug-likeness (QED) is 0.413. The minimum atomic E-state index is -3.67. The Morgan fingerprint density at radius 2 is 1.76 bits per heavy atom. The molecule has 0 fully saturated rings. The second kappa shape index (κ2) is 8.82. The number of rotatable bonds is 6. The predicted octanol–water partition coefficient (Wildman–Crippen LogP) is -0.0438. The second-order valence-corrected chi connectivity index (χ2v) is 8.15. The number of nitrogens with two attached hydrogens (primary N) is 1. The lowest BCUT2D eigenvalue weighted by Gasteiger charge is -2.21. The molecule has 0 aliphatic carbocycles. The van der Waals surface area contributed by atoms with Crippen LogP contribution in [0.2, 0.25) is 0 Å². The molecule has 0 aromatic heterocycles. The third-order valence-electron chi connectivity index (χ3n) is 3.11. The van der Waals surface area contributed by atoms with E-state index in [1.165, 1.54) is 12.1 Å². The number of benzene rings is 1. The van der Waals surface area contributed by atoms with E-state index in [1.54, 1.807) is 19.2 Å². The van der Waals surface area contributed by atoms with Crippen molar-refractivity contribution in [3.8, 4) is 0 Å². The maximum atomic E-state index is 11.8. The Morgan fingerprint density at radius 3 is 2.24 bits per heavy atom. The van der Waals surface area contributed by atoms with Gasteiger partial charge in [-0.25, -0.2) is 13.6 Å². The molecule has 8 nitrogen and oxygen atoms in total. The molecule has 140 valence electrons. The smallest absolute Gasteiger partial charge is 0.239 e. The zero-order valence-corrected chi connectivity index (χ0v) is 15.9. The molecule has 9 heteroatoms. The monoisotopic (exact) mass is 369 g/mol. The van der Waals surface area contributed by atoms with Crippen LogP contribution in [0.4, 0.5) is 0 Å². The van der Waals surface area contributed by atoms with Crippen molar-refractivity contribution < 1.29 is 13.2 Å². The molecule has 0 aliphatic rings. The molecule has 1 aromatic carbocycles. The van der Waals surface area contributed by atoms with Crippen molar-refractivity contribution in [3.63, 3.8) is 0 Å². The normalized spacial score (nSPS) is 12.6. The maximum absolute atomic E-state index is 11.8. The summed E-state index contributed by atoms with van der Waals surface area (Å²) in [5.41, 5.74) is 0.680. The number of amides is 1. The van der Waals surface area contributed by atoms with E-state index < -0.39 is 10.0 Å². The van der Waals surface area contributed by atoms with E-state index in [0.29, 0.717) is 18.9 Å². The molecular weight excluding hydrogens is 342 g/mol. The van der Waals surface area contributed by atoms with Gasteiger partial charge in [0.05, 0.1) is 11.4 Å². The van der Waals surface area contributed by atoms with Gasteiger partial charge >= 0.3 is 0 Å². The molecule has 0 spiro atoms. The number of nitrogens with zero attached hydrogens (tertiary/aromatic N) is 1. The van der Waals surface area contributed by atoms with E-state index in [4.69, 9.17) is 5.14 Å². The van der Waals surface area contributed by atoms with Gasteiger partial charge in [0, 0.05) is 19.1 Å². The Labute approximate surface area is 149 Å². The maximum Gasteiger partial charge on any atom is 0.239 e. The van der Waals surface area contributed by atoms with Gasteiger partial charge < -0.3 is 16.0 Å². The van der Waals surface area contributed by atoms with Gasteiger partial charge in [-0.05, 0) is 44.9 Å². The lowest BCUT2D eigenvalue weighted by molar-refractivity contribution is -0.121. The number of nitrogens with one attached hydrogen (secondary N) is 3. The summed E-state index contributed by atoms with van der Waals surface area (Å²) in [4.78, 5) is 15.9. The summed E-state index contributed by atoms with van der Waals surface area (Å²) >= 11 is 0. The van der Waals surface area contributed by atoms with Crippen LogP contribution in [0, 0.1) is 0 Å². The van der Waals surface area contributed by atoms with E-state index in [-0.39, 0.29) is 22.9 Å². The number of sulfonamides is 1. The van der Waals surface area contributed by atoms with Gasteiger partial charge in [0.15, 0.2) is 5.96 Å². The lowest BCUT2D eigenvalue weighted by Crippen LogP contribution is -2.48. The Balaban J connectivity index is 2.42. The van der Waals surface area contributed by atoms with Gasteiger partial charge in [-0.2, -0.15) is 0 Å². The highest BCUT2D eigenvalue weighted by Gasteiger charge is 2.13. The molecular formula is C16H27N5O3S. The highest BCUT2D eigenvalue weighted by Crippen LogP contribution is 2.08. The molecule has 0 unspecified atom stereocenters. The molecule has 0 atom stereocenters. The van der Waals surface area contributed by atoms with E-state index >= 15 is 0 Å². The first-order valence-corrected chi connectivity index (χ1v) is 9.43. The van der Waals surface area contributed by atoms with Crippen LogP contribution in [0.15, 0.2) is 34.2 Å². The van der Waals surface area contributed by atoms with Crippen molar-refractivity contribution in [2.75, 3.05) is 20.1 Å². The Kier molecular flexibility index (Phi) is 7.38. The van der Waals surface area contributed by atoms with E-state index in [9.17, 15) is 13.2 Å². The third kappa shape index (κ3) is 8.50. The van der Waals surface area contributed by atoms with Crippen LogP contribution >= 0.6 is 0 Å². The van der Waals surface area contributed by atoms with E-state index in [2.05, 4.69) is 20.9 Å². The molecule has 1 rings (SSSR count). The van der Waals surface area contributed by atoms with Crippen molar-refractivity contribution in [1.29, 1.82) is 0 Å². The topological polar surface area (TPSA) is 126 Å². The highest BCUT2D eigenvalue weighted by molar-refractivity contribution is 7.89. The van der Waals surface area contributed by atoms with Crippen molar-refractivity contribution in [3.05, 3.63) is 29.8 Å². The van der Waals surface area contributed by atoms with Crippen LogP contribution < -0.4 is 21.1 Å². The zero-order chi connectivity index (χ0) is 19.1. The SMILES string of the molecule is CN=C(NCCc1ccc(S(N)(=O)=O)cc1)NCC(=O)NC(C)(C)C. The average Bonchev–Trinajstić information content (AvgIpc) is 2.48. The first-order chi connectivity index (χ1) is 11.5. The molecule has 0 heterocycles. The fraction of sp³-hybridized carbons (Fsp3) is 0.500. The van der Waals surface area contributed by atoms with Crippen LogP contribution in [-0.4, -0.2) is 46.0 Å². The number of guanidine groups is 1. The molecule has 0 saturated carbocycles. The van der Waals surface area contributed by atoms with Gasteiger partial charge in [0.25, 0.3) is 0 Å². The summed E-state index contributed by atoms with van der Waals surface area (Å²) in [6.45, 7) is 6.45. The number of carbonyl (C=O) groups is 1. The van der Waals surface area contributed by atoms with Gasteiger partial charge in [0.1, 0.15) is 0 Å². The number of aliphatic imine (C=N–C) groups is 1. The molecule has 0 radical (unpaired) electrons.